The maximum atomic E-state index is 14.0. The van der Waals surface area contributed by atoms with Gasteiger partial charge < -0.3 is 19.7 Å². The molecule has 0 aliphatic carbocycles. The van der Waals surface area contributed by atoms with Crippen molar-refractivity contribution < 1.29 is 23.6 Å². The van der Waals surface area contributed by atoms with Gasteiger partial charge in [-0.05, 0) is 35.9 Å². The van der Waals surface area contributed by atoms with Crippen LogP contribution in [0.25, 0.3) is 0 Å². The molecule has 3 aromatic rings. The molecule has 5 heterocycles. The van der Waals surface area contributed by atoms with Gasteiger partial charge in [-0.2, -0.15) is 15.9 Å². The lowest BCUT2D eigenvalue weighted by atomic mass is 9.81. The molecule has 2 aromatic carbocycles. The highest BCUT2D eigenvalue weighted by molar-refractivity contribution is 7.08. The number of nitrogens with zero attached hydrogens (tertiary/aromatic N) is 2. The first kappa shape index (κ1) is 25.9. The zero-order valence-electron chi connectivity index (χ0n) is 22.9. The first-order valence-corrected chi connectivity index (χ1v) is 15.1. The van der Waals surface area contributed by atoms with E-state index in [1.807, 2.05) is 64.2 Å². The van der Waals surface area contributed by atoms with Crippen LogP contribution in [-0.4, -0.2) is 71.2 Å². The number of methoxy groups -OCH3 is 1. The van der Waals surface area contributed by atoms with Gasteiger partial charge in [-0.3, -0.25) is 9.59 Å². The maximum absolute atomic E-state index is 14.0. The van der Waals surface area contributed by atoms with E-state index in [0.29, 0.717) is 43.8 Å². The largest absolute Gasteiger partial charge is 0.447 e. The summed E-state index contributed by atoms with van der Waals surface area (Å²) in [5, 5.41) is 7.09. The zero-order chi connectivity index (χ0) is 28.0. The molecule has 1 saturated heterocycles. The topological polar surface area (TPSA) is 70.9 Å². The van der Waals surface area contributed by atoms with Crippen molar-refractivity contribution in [3.05, 3.63) is 112 Å². The number of ether oxygens (including phenoxy) is 2. The first-order chi connectivity index (χ1) is 20.1. The third-order valence-corrected chi connectivity index (χ3v) is 9.34. The molecule has 4 aliphatic heterocycles. The van der Waals surface area contributed by atoms with Crippen LogP contribution < -0.4 is 5.32 Å². The van der Waals surface area contributed by atoms with E-state index in [-0.39, 0.29) is 23.9 Å². The summed E-state index contributed by atoms with van der Waals surface area (Å²) in [6.45, 7) is 1.23. The summed E-state index contributed by atoms with van der Waals surface area (Å²) in [4.78, 5) is 28.6. The van der Waals surface area contributed by atoms with Gasteiger partial charge in [0.05, 0.1) is 18.2 Å². The molecule has 7 rings (SSSR count). The predicted octanol–water partition coefficient (Wildman–Crippen LogP) is 4.49. The normalized spacial score (nSPS) is 25.1. The molecule has 8 heteroatoms. The van der Waals surface area contributed by atoms with Crippen molar-refractivity contribution in [1.82, 2.24) is 10.2 Å². The van der Waals surface area contributed by atoms with Crippen LogP contribution in [0.15, 0.2) is 101 Å². The highest BCUT2D eigenvalue weighted by Crippen LogP contribution is 2.52. The minimum atomic E-state index is -0.787. The molecule has 2 bridgehead atoms. The van der Waals surface area contributed by atoms with E-state index in [1.165, 1.54) is 16.9 Å². The number of carbonyl (C=O) groups is 2. The predicted molar refractivity (Wildman–Crippen MR) is 157 cm³/mol. The Kier molecular flexibility index (Phi) is 6.60. The molecule has 3 atom stereocenters. The number of nitrogens with one attached hydrogen (secondary N) is 1. The summed E-state index contributed by atoms with van der Waals surface area (Å²) >= 11 is 1.53. The molecule has 1 spiro atoms. The van der Waals surface area contributed by atoms with E-state index < -0.39 is 11.7 Å². The Morgan fingerprint density at radius 1 is 1.07 bits per heavy atom. The molecule has 2 amide bonds. The number of rotatable bonds is 6. The molecule has 0 radical (unpaired) electrons. The molecule has 3 unspecified atom stereocenters. The number of benzene rings is 2. The van der Waals surface area contributed by atoms with Crippen molar-refractivity contribution in [2.24, 2.45) is 0 Å². The number of para-hydroxylation sites is 1. The van der Waals surface area contributed by atoms with Crippen LogP contribution in [0.5, 0.6) is 0 Å². The van der Waals surface area contributed by atoms with Crippen molar-refractivity contribution >= 4 is 34.7 Å². The van der Waals surface area contributed by atoms with Crippen molar-refractivity contribution in [3.63, 3.8) is 0 Å². The molecule has 4 aliphatic rings. The van der Waals surface area contributed by atoms with E-state index in [0.717, 1.165) is 16.8 Å². The Balaban J connectivity index is 1.19. The number of thiophene rings is 1. The fourth-order valence-corrected chi connectivity index (χ4v) is 7.36. The van der Waals surface area contributed by atoms with Gasteiger partial charge in [-0.25, -0.2) is 0 Å². The summed E-state index contributed by atoms with van der Waals surface area (Å²) in [5.74, 6) is 0.595. The van der Waals surface area contributed by atoms with E-state index in [4.69, 9.17) is 9.47 Å². The van der Waals surface area contributed by atoms with Gasteiger partial charge in [-0.1, -0.05) is 54.6 Å². The molecular formula is C33H32N3O4S+. The lowest BCUT2D eigenvalue weighted by Gasteiger charge is -2.32. The van der Waals surface area contributed by atoms with Gasteiger partial charge in [0, 0.05) is 43.1 Å². The molecule has 1 fully saturated rings. The van der Waals surface area contributed by atoms with Gasteiger partial charge in [0.1, 0.15) is 11.7 Å². The molecule has 41 heavy (non-hydrogen) atoms. The number of likely N-dealkylation sites (tertiary alicyclic amines) is 1. The molecule has 208 valence electrons. The maximum Gasteiger partial charge on any atom is 0.375 e. The number of amides is 2. The summed E-state index contributed by atoms with van der Waals surface area (Å²) in [6.07, 6.45) is 5.85. The van der Waals surface area contributed by atoms with Crippen molar-refractivity contribution in [1.29, 1.82) is 0 Å². The molecule has 0 saturated carbocycles. The molecule has 7 nitrogen and oxygen atoms in total. The second-order valence-electron chi connectivity index (χ2n) is 11.0. The lowest BCUT2D eigenvalue weighted by Crippen LogP contribution is -2.47. The zero-order valence-corrected chi connectivity index (χ0v) is 23.7. The van der Waals surface area contributed by atoms with Gasteiger partial charge >= 0.3 is 5.90 Å². The van der Waals surface area contributed by atoms with E-state index >= 15 is 0 Å². The Bertz CT molecular complexity index is 1560. The third-order valence-electron chi connectivity index (χ3n) is 8.65. The van der Waals surface area contributed by atoms with E-state index in [2.05, 4.69) is 40.2 Å². The summed E-state index contributed by atoms with van der Waals surface area (Å²) in [6, 6.07) is 22.2. The minimum absolute atomic E-state index is 0.0149. The van der Waals surface area contributed by atoms with Crippen LogP contribution in [0.3, 0.4) is 0 Å². The van der Waals surface area contributed by atoms with E-state index in [1.54, 1.807) is 7.11 Å². The van der Waals surface area contributed by atoms with Crippen molar-refractivity contribution in [2.75, 3.05) is 20.2 Å². The average Bonchev–Trinajstić information content (AvgIpc) is 3.80. The van der Waals surface area contributed by atoms with Gasteiger partial charge in [0.2, 0.25) is 11.7 Å². The van der Waals surface area contributed by atoms with Crippen LogP contribution in [0.4, 0.5) is 5.69 Å². The SMILES string of the molecule is COC1=[N+](c2ccccc2)C(Cc2ccccc2)C23C=CC(O2)C(C(=O)NC2CCN(C(=O)c4ccsc4)CC2)=C13. The van der Waals surface area contributed by atoms with Crippen LogP contribution in [0.2, 0.25) is 0 Å². The lowest BCUT2D eigenvalue weighted by molar-refractivity contribution is -0.499. The average molecular weight is 567 g/mol. The minimum Gasteiger partial charge on any atom is -0.447 e. The standard InChI is InChI=1S/C33H31N3O4S/c1-39-32-29-28(30(37)34-24-13-17-35(18-14-24)31(38)23-15-19-41-21-23)26-12-16-33(29,40-26)27(20-22-8-4-2-5-9-22)36(32)25-10-6-3-7-11-25/h2-12,15-16,19,21,24,26-27H,13-14,17-18,20H2,1H3/p+1. The van der Waals surface area contributed by atoms with Crippen molar-refractivity contribution in [3.8, 4) is 0 Å². The molecule has 1 N–H and O–H groups in total. The Labute approximate surface area is 243 Å². The Morgan fingerprint density at radius 2 is 1.80 bits per heavy atom. The fourth-order valence-electron chi connectivity index (χ4n) is 6.73. The molecular weight excluding hydrogens is 534 g/mol. The Hall–Kier alpha value is -4.01. The highest BCUT2D eigenvalue weighted by Gasteiger charge is 2.68. The van der Waals surface area contributed by atoms with Crippen LogP contribution in [0.1, 0.15) is 28.8 Å². The van der Waals surface area contributed by atoms with Crippen molar-refractivity contribution in [2.45, 2.75) is 43.1 Å². The smallest absolute Gasteiger partial charge is 0.375 e. The monoisotopic (exact) mass is 566 g/mol. The molecule has 1 aromatic heterocycles. The number of piperidine rings is 1. The highest BCUT2D eigenvalue weighted by atomic mass is 32.1. The van der Waals surface area contributed by atoms with Gasteiger partial charge in [-0.15, -0.1) is 0 Å². The quantitative estimate of drug-likeness (QED) is 0.353. The van der Waals surface area contributed by atoms with Crippen LogP contribution in [0, 0.1) is 0 Å². The number of fused-ring (bicyclic) bond motifs is 1. The summed E-state index contributed by atoms with van der Waals surface area (Å²) in [5.41, 5.74) is 3.57. The first-order valence-electron chi connectivity index (χ1n) is 14.1. The van der Waals surface area contributed by atoms with Crippen LogP contribution >= 0.6 is 11.3 Å². The number of hydrogen-bond acceptors (Lipinski definition) is 5. The fraction of sp³-hybridized carbons (Fsp3) is 0.303. The van der Waals surface area contributed by atoms with Gasteiger partial charge in [0.15, 0.2) is 5.60 Å². The number of carbonyl (C=O) groups excluding carboxylic acids is 2. The van der Waals surface area contributed by atoms with Crippen LogP contribution in [-0.2, 0) is 20.7 Å². The second kappa shape index (κ2) is 10.4. The summed E-state index contributed by atoms with van der Waals surface area (Å²) < 4.78 is 15.0. The summed E-state index contributed by atoms with van der Waals surface area (Å²) in [7, 11) is 1.67. The second-order valence-corrected chi connectivity index (χ2v) is 11.7. The van der Waals surface area contributed by atoms with Gasteiger partial charge in [0.25, 0.3) is 11.8 Å². The van der Waals surface area contributed by atoms with E-state index in [9.17, 15) is 9.59 Å². The Morgan fingerprint density at radius 3 is 2.49 bits per heavy atom. The third kappa shape index (κ3) is 4.33. The number of hydrogen-bond donors (Lipinski definition) is 1.